The number of benzene rings is 5. The highest BCUT2D eigenvalue weighted by atomic mass is 16.7. The second kappa shape index (κ2) is 8.59. The van der Waals surface area contributed by atoms with E-state index in [-0.39, 0.29) is 35.3 Å². The van der Waals surface area contributed by atoms with Gasteiger partial charge in [-0.2, -0.15) is 0 Å². The van der Waals surface area contributed by atoms with Gasteiger partial charge >= 0.3 is 7.12 Å². The van der Waals surface area contributed by atoms with Crippen molar-refractivity contribution in [3.63, 3.8) is 0 Å². The van der Waals surface area contributed by atoms with Crippen LogP contribution >= 0.6 is 0 Å². The van der Waals surface area contributed by atoms with Crippen LogP contribution in [0.25, 0.3) is 55.0 Å². The molecule has 7 aromatic rings. The molecule has 2 aromatic heterocycles. The summed E-state index contributed by atoms with van der Waals surface area (Å²) in [6.45, 7) is 7.63. The van der Waals surface area contributed by atoms with Crippen LogP contribution < -0.4 is 5.46 Å². The molecular formula is C36H31BN2O2. The lowest BCUT2D eigenvalue weighted by Gasteiger charge is -2.32. The average molecular weight is 538 g/mol. The highest BCUT2D eigenvalue weighted by molar-refractivity contribution is 6.62. The van der Waals surface area contributed by atoms with E-state index in [0.717, 1.165) is 49.3 Å². The zero-order valence-electron chi connectivity index (χ0n) is 27.4. The SMILES string of the molecule is [2H]c1c([2H])c(-n2c3ccccc3c3cc4c(cc32)c2ccccc2n4-c2ccccc2)c([2H])c([2H])c1B1OC(C)(C)C(C)(C)O1. The minimum Gasteiger partial charge on any atom is -0.399 e. The van der Waals surface area contributed by atoms with E-state index < -0.39 is 18.3 Å². The smallest absolute Gasteiger partial charge is 0.399 e. The van der Waals surface area contributed by atoms with Gasteiger partial charge in [0.25, 0.3) is 0 Å². The summed E-state index contributed by atoms with van der Waals surface area (Å²) in [6, 6.07) is 30.2. The van der Waals surface area contributed by atoms with Crippen molar-refractivity contribution in [3.05, 3.63) is 115 Å². The van der Waals surface area contributed by atoms with Gasteiger partial charge in [-0.1, -0.05) is 66.7 Å². The van der Waals surface area contributed by atoms with E-state index in [9.17, 15) is 2.74 Å². The van der Waals surface area contributed by atoms with Gasteiger partial charge < -0.3 is 18.4 Å². The van der Waals surface area contributed by atoms with Crippen LogP contribution in [-0.2, 0) is 9.31 Å². The Hall–Kier alpha value is -4.32. The fourth-order valence-electron chi connectivity index (χ4n) is 6.03. The van der Waals surface area contributed by atoms with Gasteiger partial charge in [0.05, 0.1) is 38.8 Å². The summed E-state index contributed by atoms with van der Waals surface area (Å²) in [5, 5.41) is 4.05. The van der Waals surface area contributed by atoms with Crippen molar-refractivity contribution < 1.29 is 14.8 Å². The molecule has 5 aromatic carbocycles. The molecule has 0 bridgehead atoms. The third kappa shape index (κ3) is 3.56. The highest BCUT2D eigenvalue weighted by Gasteiger charge is 2.51. The van der Waals surface area contributed by atoms with E-state index >= 15 is 0 Å². The van der Waals surface area contributed by atoms with Gasteiger partial charge in [-0.3, -0.25) is 0 Å². The Bertz CT molecular complexity index is 2300. The van der Waals surface area contributed by atoms with Crippen molar-refractivity contribution in [1.29, 1.82) is 0 Å². The maximum absolute atomic E-state index is 9.25. The average Bonchev–Trinajstić information content (AvgIpc) is 3.59. The quantitative estimate of drug-likeness (QED) is 0.212. The zero-order chi connectivity index (χ0) is 31.4. The first kappa shape index (κ1) is 20.5. The van der Waals surface area contributed by atoms with Gasteiger partial charge in [0.2, 0.25) is 0 Å². The van der Waals surface area contributed by atoms with Crippen molar-refractivity contribution in [2.45, 2.75) is 38.9 Å². The molecule has 0 spiro atoms. The summed E-state index contributed by atoms with van der Waals surface area (Å²) >= 11 is 0. The molecule has 1 aliphatic heterocycles. The lowest BCUT2D eigenvalue weighted by Crippen LogP contribution is -2.41. The molecule has 0 radical (unpaired) electrons. The highest BCUT2D eigenvalue weighted by Crippen LogP contribution is 2.40. The lowest BCUT2D eigenvalue weighted by atomic mass is 9.79. The fourth-order valence-corrected chi connectivity index (χ4v) is 6.03. The van der Waals surface area contributed by atoms with Crippen molar-refractivity contribution in [3.8, 4) is 11.4 Å². The monoisotopic (exact) mass is 538 g/mol. The van der Waals surface area contributed by atoms with E-state index in [1.54, 1.807) is 0 Å². The molecule has 0 atom stereocenters. The molecule has 3 heterocycles. The first-order chi connectivity index (χ1) is 21.5. The Morgan fingerprint density at radius 1 is 0.537 bits per heavy atom. The van der Waals surface area contributed by atoms with Crippen LogP contribution in [0, 0.1) is 0 Å². The molecule has 1 aliphatic rings. The normalized spacial score (nSPS) is 17.8. The van der Waals surface area contributed by atoms with Crippen LogP contribution in [0.5, 0.6) is 0 Å². The first-order valence-corrected chi connectivity index (χ1v) is 14.0. The minimum atomic E-state index is -1.01. The van der Waals surface area contributed by atoms with Crippen LogP contribution in [0.15, 0.2) is 115 Å². The second-order valence-corrected chi connectivity index (χ2v) is 11.8. The molecule has 0 saturated carbocycles. The van der Waals surface area contributed by atoms with Crippen LogP contribution in [0.1, 0.15) is 33.2 Å². The number of aromatic nitrogens is 2. The molecule has 0 amide bonds. The van der Waals surface area contributed by atoms with Crippen molar-refractivity contribution in [2.75, 3.05) is 0 Å². The van der Waals surface area contributed by atoms with Crippen LogP contribution in [-0.4, -0.2) is 27.5 Å². The molecule has 1 fully saturated rings. The van der Waals surface area contributed by atoms with Crippen molar-refractivity contribution in [1.82, 2.24) is 9.13 Å². The number of hydrogen-bond donors (Lipinski definition) is 0. The zero-order valence-corrected chi connectivity index (χ0v) is 23.4. The van der Waals surface area contributed by atoms with Crippen LogP contribution in [0.3, 0.4) is 0 Å². The summed E-state index contributed by atoms with van der Waals surface area (Å²) in [6.07, 6.45) is 0. The van der Waals surface area contributed by atoms with E-state index in [0.29, 0.717) is 0 Å². The number of nitrogens with zero attached hydrogens (tertiary/aromatic N) is 2. The number of rotatable bonds is 3. The molecule has 200 valence electrons. The number of fused-ring (bicyclic) bond motifs is 6. The maximum atomic E-state index is 9.25. The van der Waals surface area contributed by atoms with Gasteiger partial charge in [0.15, 0.2) is 0 Å². The van der Waals surface area contributed by atoms with Gasteiger partial charge in [-0.15, -0.1) is 0 Å². The van der Waals surface area contributed by atoms with E-state index in [2.05, 4.69) is 41.0 Å². The lowest BCUT2D eigenvalue weighted by molar-refractivity contribution is 0.00578. The molecule has 0 aliphatic carbocycles. The van der Waals surface area contributed by atoms with Gasteiger partial charge in [-0.05, 0) is 81.6 Å². The third-order valence-corrected chi connectivity index (χ3v) is 8.82. The molecular weight excluding hydrogens is 503 g/mol. The van der Waals surface area contributed by atoms with E-state index in [1.807, 2.05) is 86.9 Å². The molecule has 8 rings (SSSR count). The molecule has 1 saturated heterocycles. The topological polar surface area (TPSA) is 28.3 Å². The number of hydrogen-bond acceptors (Lipinski definition) is 2. The maximum Gasteiger partial charge on any atom is 0.494 e. The molecule has 5 heteroatoms. The van der Waals surface area contributed by atoms with E-state index in [4.69, 9.17) is 12.1 Å². The second-order valence-electron chi connectivity index (χ2n) is 11.8. The summed E-state index contributed by atoms with van der Waals surface area (Å²) < 4.78 is 53.2. The Morgan fingerprint density at radius 2 is 1.00 bits per heavy atom. The third-order valence-electron chi connectivity index (χ3n) is 8.82. The number of para-hydroxylation sites is 3. The van der Waals surface area contributed by atoms with E-state index in [1.165, 1.54) is 0 Å². The Labute approximate surface area is 245 Å². The molecule has 41 heavy (non-hydrogen) atoms. The Kier molecular flexibility index (Phi) is 4.31. The van der Waals surface area contributed by atoms with Crippen molar-refractivity contribution in [2.24, 2.45) is 0 Å². The van der Waals surface area contributed by atoms with Crippen molar-refractivity contribution >= 4 is 56.2 Å². The van der Waals surface area contributed by atoms with Gasteiger partial charge in [-0.25, -0.2) is 0 Å². The molecule has 0 unspecified atom stereocenters. The summed E-state index contributed by atoms with van der Waals surface area (Å²) in [7, 11) is -1.01. The largest absolute Gasteiger partial charge is 0.494 e. The van der Waals surface area contributed by atoms with Gasteiger partial charge in [0, 0.05) is 32.9 Å². The Balaban J connectivity index is 1.45. The summed E-state index contributed by atoms with van der Waals surface area (Å²) in [5.74, 6) is 0. The van der Waals surface area contributed by atoms with Gasteiger partial charge in [0.1, 0.15) is 0 Å². The first-order valence-electron chi connectivity index (χ1n) is 16.0. The molecule has 0 N–H and O–H groups in total. The fraction of sp³-hybridized carbons (Fsp3) is 0.167. The Morgan fingerprint density at radius 3 is 1.54 bits per heavy atom. The summed E-state index contributed by atoms with van der Waals surface area (Å²) in [4.78, 5) is 0. The minimum absolute atomic E-state index is 0.112. The standard InChI is InChI=1S/C36H31BN2O2/c1-35(2)36(3,4)41-37(40-35)24-18-20-26(21-19-24)39-32-17-11-9-15-28(32)30-22-33-29(23-34(30)39)27-14-8-10-16-31(27)38(33)25-12-6-5-7-13-25/h5-23H,1-4H3/i18D,19D,20D,21D. The van der Waals surface area contributed by atoms with Crippen LogP contribution in [0.2, 0.25) is 0 Å². The predicted octanol–water partition coefficient (Wildman–Crippen LogP) is 8.18. The van der Waals surface area contributed by atoms with Crippen LogP contribution in [0.4, 0.5) is 0 Å². The summed E-state index contributed by atoms with van der Waals surface area (Å²) in [5.41, 5.74) is 3.75. The molecule has 4 nitrogen and oxygen atoms in total. The predicted molar refractivity (Wildman–Crippen MR) is 171 cm³/mol.